The molecule has 2 heterocycles. The van der Waals surface area contributed by atoms with Gasteiger partial charge in [-0.15, -0.1) is 0 Å². The van der Waals surface area contributed by atoms with Crippen molar-refractivity contribution in [3.8, 4) is 0 Å². The Morgan fingerprint density at radius 1 is 1.31 bits per heavy atom. The number of likely N-dealkylation sites (tertiary alicyclic amines) is 1. The number of carboxylic acid groups (broad SMARTS) is 1. The maximum Gasteiger partial charge on any atom is 0.328 e. The number of carbonyl (C=O) groups excluding carboxylic acids is 1. The lowest BCUT2D eigenvalue weighted by Gasteiger charge is -2.43. The van der Waals surface area contributed by atoms with E-state index < -0.39 is 23.5 Å². The molecule has 3 rings (SSSR count). The molecule has 1 aliphatic rings. The molecule has 1 aromatic heterocycles. The number of piperidine rings is 1. The van der Waals surface area contributed by atoms with Crippen LogP contribution in [0.1, 0.15) is 28.8 Å². The molecule has 1 aromatic carbocycles. The lowest BCUT2D eigenvalue weighted by molar-refractivity contribution is -0.141. The molecule has 1 saturated heterocycles. The number of pyridine rings is 1. The summed E-state index contributed by atoms with van der Waals surface area (Å²) in [5, 5.41) is 15.0. The van der Waals surface area contributed by atoms with E-state index >= 15 is 0 Å². The number of rotatable bonds is 7. The number of thiol groups is 1. The first-order chi connectivity index (χ1) is 13.9. The number of carbonyl (C=O) groups is 2. The lowest BCUT2D eigenvalue weighted by Crippen LogP contribution is -2.61. The second-order valence-electron chi connectivity index (χ2n) is 7.07. The van der Waals surface area contributed by atoms with Crippen molar-refractivity contribution in [1.82, 2.24) is 15.2 Å². The SMILES string of the molecule is O=NC1(C(NC(=O)c2cccnc2)C(=O)O)CCN(Cc2ccccc2)C(S)C1. The first-order valence-corrected chi connectivity index (χ1v) is 9.71. The zero-order valence-electron chi connectivity index (χ0n) is 15.6. The summed E-state index contributed by atoms with van der Waals surface area (Å²) in [6.45, 7) is 1.06. The van der Waals surface area contributed by atoms with Crippen LogP contribution in [0.5, 0.6) is 0 Å². The Hall–Kier alpha value is -2.78. The van der Waals surface area contributed by atoms with Crippen LogP contribution in [0.15, 0.2) is 60.0 Å². The first-order valence-electron chi connectivity index (χ1n) is 9.19. The van der Waals surface area contributed by atoms with Gasteiger partial charge < -0.3 is 10.4 Å². The Balaban J connectivity index is 1.75. The molecule has 0 bridgehead atoms. The Labute approximate surface area is 173 Å². The summed E-state index contributed by atoms with van der Waals surface area (Å²) in [5.41, 5.74) is -0.176. The molecule has 0 spiro atoms. The maximum absolute atomic E-state index is 12.5. The molecule has 9 heteroatoms. The lowest BCUT2D eigenvalue weighted by atomic mass is 9.81. The highest BCUT2D eigenvalue weighted by molar-refractivity contribution is 7.80. The van der Waals surface area contributed by atoms with Gasteiger partial charge in [0.1, 0.15) is 5.54 Å². The standard InChI is InChI=1S/C20H22N4O4S/c25-18(15-7-4-9-21-12-15)22-17(19(26)27)20(23-28)8-10-24(16(29)11-20)13-14-5-2-1-3-6-14/h1-7,9,12,16-17,29H,8,10-11,13H2,(H,22,25)(H,26,27). The molecule has 152 valence electrons. The molecule has 29 heavy (non-hydrogen) atoms. The highest BCUT2D eigenvalue weighted by Gasteiger charge is 2.50. The topological polar surface area (TPSA) is 112 Å². The van der Waals surface area contributed by atoms with Crippen molar-refractivity contribution in [3.05, 3.63) is 70.9 Å². The van der Waals surface area contributed by atoms with Gasteiger partial charge >= 0.3 is 5.97 Å². The van der Waals surface area contributed by atoms with Crippen LogP contribution < -0.4 is 5.32 Å². The van der Waals surface area contributed by atoms with E-state index in [9.17, 15) is 19.6 Å². The molecule has 3 unspecified atom stereocenters. The van der Waals surface area contributed by atoms with E-state index in [-0.39, 0.29) is 23.8 Å². The third-order valence-corrected chi connectivity index (χ3v) is 5.69. The average molecular weight is 414 g/mol. The minimum atomic E-state index is -1.48. The van der Waals surface area contributed by atoms with Gasteiger partial charge in [0.2, 0.25) is 0 Å². The first kappa shape index (κ1) is 20.9. The van der Waals surface area contributed by atoms with E-state index in [1.807, 2.05) is 30.3 Å². The van der Waals surface area contributed by atoms with Gasteiger partial charge in [0.15, 0.2) is 6.04 Å². The van der Waals surface area contributed by atoms with Crippen LogP contribution in [0, 0.1) is 4.91 Å². The third-order valence-electron chi connectivity index (χ3n) is 5.18. The Bertz CT molecular complexity index is 867. The summed E-state index contributed by atoms with van der Waals surface area (Å²) in [7, 11) is 0. The zero-order valence-corrected chi connectivity index (χ0v) is 16.5. The number of nitrogens with one attached hydrogen (secondary N) is 1. The van der Waals surface area contributed by atoms with Crippen molar-refractivity contribution in [2.75, 3.05) is 6.54 Å². The van der Waals surface area contributed by atoms with Crippen molar-refractivity contribution in [2.24, 2.45) is 5.18 Å². The summed E-state index contributed by atoms with van der Waals surface area (Å²) in [4.78, 5) is 42.1. The van der Waals surface area contributed by atoms with Crippen LogP contribution in [-0.2, 0) is 11.3 Å². The number of nitrogens with zero attached hydrogens (tertiary/aromatic N) is 3. The van der Waals surface area contributed by atoms with Gasteiger partial charge in [0, 0.05) is 31.9 Å². The van der Waals surface area contributed by atoms with Crippen LogP contribution in [0.3, 0.4) is 0 Å². The fraction of sp³-hybridized carbons (Fsp3) is 0.350. The predicted molar refractivity (Wildman–Crippen MR) is 111 cm³/mol. The summed E-state index contributed by atoms with van der Waals surface area (Å²) in [5.74, 6) is -1.92. The molecule has 0 saturated carbocycles. The molecule has 8 nitrogen and oxygen atoms in total. The average Bonchev–Trinajstić information content (AvgIpc) is 2.74. The smallest absolute Gasteiger partial charge is 0.328 e. The van der Waals surface area contributed by atoms with Gasteiger partial charge in [-0.3, -0.25) is 14.7 Å². The summed E-state index contributed by atoms with van der Waals surface area (Å²) < 4.78 is 0. The van der Waals surface area contributed by atoms with Crippen LogP contribution in [0.25, 0.3) is 0 Å². The maximum atomic E-state index is 12.5. The normalized spacial score (nSPS) is 23.1. The number of hydrogen-bond acceptors (Lipinski definition) is 7. The number of carboxylic acids is 1. The highest BCUT2D eigenvalue weighted by Crippen LogP contribution is 2.36. The molecule has 1 aliphatic heterocycles. The van der Waals surface area contributed by atoms with Crippen LogP contribution in [-0.4, -0.2) is 50.4 Å². The van der Waals surface area contributed by atoms with Gasteiger partial charge in [0.25, 0.3) is 5.91 Å². The minimum absolute atomic E-state index is 0.108. The van der Waals surface area contributed by atoms with Crippen molar-refractivity contribution < 1.29 is 14.7 Å². The van der Waals surface area contributed by atoms with E-state index in [2.05, 4.69) is 33.0 Å². The predicted octanol–water partition coefficient (Wildman–Crippen LogP) is 2.32. The van der Waals surface area contributed by atoms with E-state index in [0.29, 0.717) is 13.1 Å². The van der Waals surface area contributed by atoms with Gasteiger partial charge in [-0.1, -0.05) is 35.5 Å². The zero-order chi connectivity index (χ0) is 20.9. The van der Waals surface area contributed by atoms with Crippen molar-refractivity contribution >= 4 is 24.5 Å². The van der Waals surface area contributed by atoms with E-state index in [4.69, 9.17) is 0 Å². The number of benzene rings is 1. The number of hydrogen-bond donors (Lipinski definition) is 3. The fourth-order valence-corrected chi connectivity index (χ4v) is 4.08. The molecule has 2 aromatic rings. The Morgan fingerprint density at radius 2 is 2.07 bits per heavy atom. The molecule has 3 atom stereocenters. The van der Waals surface area contributed by atoms with Gasteiger partial charge in [-0.05, 0) is 24.1 Å². The quantitative estimate of drug-likeness (QED) is 0.474. The Kier molecular flexibility index (Phi) is 6.60. The molecular formula is C20H22N4O4S. The highest BCUT2D eigenvalue weighted by atomic mass is 32.1. The number of nitroso groups, excluding NO2 is 1. The van der Waals surface area contributed by atoms with Crippen LogP contribution in [0.2, 0.25) is 0 Å². The second-order valence-corrected chi connectivity index (χ2v) is 7.67. The van der Waals surface area contributed by atoms with Crippen LogP contribution in [0.4, 0.5) is 0 Å². The van der Waals surface area contributed by atoms with Crippen molar-refractivity contribution in [1.29, 1.82) is 0 Å². The van der Waals surface area contributed by atoms with Crippen molar-refractivity contribution in [2.45, 2.75) is 36.3 Å². The van der Waals surface area contributed by atoms with Gasteiger partial charge in [-0.2, -0.15) is 17.5 Å². The number of aromatic nitrogens is 1. The molecule has 2 N–H and O–H groups in total. The number of aliphatic carboxylic acids is 1. The summed E-state index contributed by atoms with van der Waals surface area (Å²) in [6.07, 6.45) is 3.15. The monoisotopic (exact) mass is 414 g/mol. The van der Waals surface area contributed by atoms with Crippen molar-refractivity contribution in [3.63, 3.8) is 0 Å². The Morgan fingerprint density at radius 3 is 2.66 bits per heavy atom. The molecule has 0 aliphatic carbocycles. The van der Waals surface area contributed by atoms with E-state index in [1.165, 1.54) is 18.5 Å². The summed E-state index contributed by atoms with van der Waals surface area (Å²) >= 11 is 4.59. The molecule has 1 amide bonds. The van der Waals surface area contributed by atoms with E-state index in [1.54, 1.807) is 6.07 Å². The molecular weight excluding hydrogens is 392 g/mol. The number of amides is 1. The minimum Gasteiger partial charge on any atom is -0.480 e. The van der Waals surface area contributed by atoms with E-state index in [0.717, 1.165) is 5.56 Å². The summed E-state index contributed by atoms with van der Waals surface area (Å²) in [6, 6.07) is 11.4. The third kappa shape index (κ3) is 4.80. The fourth-order valence-electron chi connectivity index (χ4n) is 3.57. The van der Waals surface area contributed by atoms with Gasteiger partial charge in [-0.25, -0.2) is 4.79 Å². The van der Waals surface area contributed by atoms with Crippen LogP contribution >= 0.6 is 12.6 Å². The largest absolute Gasteiger partial charge is 0.480 e. The van der Waals surface area contributed by atoms with Gasteiger partial charge in [0.05, 0.1) is 10.9 Å². The molecule has 1 fully saturated rings. The second kappa shape index (κ2) is 9.15. The molecule has 0 radical (unpaired) electrons.